The summed E-state index contributed by atoms with van der Waals surface area (Å²) in [7, 11) is 0. The van der Waals surface area contributed by atoms with Gasteiger partial charge in [-0.15, -0.1) is 11.6 Å². The summed E-state index contributed by atoms with van der Waals surface area (Å²) in [6, 6.07) is 8.02. The second kappa shape index (κ2) is 2.83. The van der Waals surface area contributed by atoms with Crippen LogP contribution in [0, 0.1) is 6.92 Å². The lowest BCUT2D eigenvalue weighted by Crippen LogP contribution is -1.74. The second-order valence-corrected chi connectivity index (χ2v) is 3.13. The lowest BCUT2D eigenvalue weighted by atomic mass is 10.2. The van der Waals surface area contributed by atoms with Crippen molar-refractivity contribution in [2.24, 2.45) is 0 Å². The van der Waals surface area contributed by atoms with Gasteiger partial charge >= 0.3 is 0 Å². The van der Waals surface area contributed by atoms with Crippen molar-refractivity contribution in [3.8, 4) is 0 Å². The highest BCUT2D eigenvalue weighted by atomic mass is 35.5. The van der Waals surface area contributed by atoms with Crippen LogP contribution >= 0.6 is 11.6 Å². The topological polar surface area (TPSA) is 13.1 Å². The third-order valence-corrected chi connectivity index (χ3v) is 2.17. The van der Waals surface area contributed by atoms with Gasteiger partial charge in [0.15, 0.2) is 0 Å². The van der Waals surface area contributed by atoms with E-state index in [9.17, 15) is 0 Å². The number of hydrogen-bond acceptors (Lipinski definition) is 1. The van der Waals surface area contributed by atoms with Gasteiger partial charge in [0.25, 0.3) is 0 Å². The summed E-state index contributed by atoms with van der Waals surface area (Å²) >= 11 is 5.70. The van der Waals surface area contributed by atoms with Gasteiger partial charge in [-0.2, -0.15) is 0 Å². The Labute approximate surface area is 75.9 Å². The molecule has 0 saturated heterocycles. The number of hydrogen-bond donors (Lipinski definition) is 0. The summed E-state index contributed by atoms with van der Waals surface area (Å²) in [5.41, 5.74) is 2.06. The van der Waals surface area contributed by atoms with Crippen LogP contribution in [-0.4, -0.2) is 0 Å². The summed E-state index contributed by atoms with van der Waals surface area (Å²) in [5, 5.41) is 1.13. The van der Waals surface area contributed by atoms with Gasteiger partial charge in [0.2, 0.25) is 0 Å². The zero-order chi connectivity index (χ0) is 8.55. The first kappa shape index (κ1) is 7.69. The summed E-state index contributed by atoms with van der Waals surface area (Å²) in [6.45, 7) is 1.94. The van der Waals surface area contributed by atoms with Crippen LogP contribution in [-0.2, 0) is 5.88 Å². The number of furan rings is 1. The molecule has 0 aliphatic heterocycles. The Morgan fingerprint density at radius 2 is 2.17 bits per heavy atom. The van der Waals surface area contributed by atoms with E-state index in [0.29, 0.717) is 5.88 Å². The van der Waals surface area contributed by atoms with Gasteiger partial charge in [-0.25, -0.2) is 0 Å². The minimum Gasteiger partial charge on any atom is -0.461 e. The van der Waals surface area contributed by atoms with E-state index in [1.54, 1.807) is 0 Å². The van der Waals surface area contributed by atoms with Crippen molar-refractivity contribution in [1.82, 2.24) is 0 Å². The molecule has 0 saturated carbocycles. The number of benzene rings is 1. The Morgan fingerprint density at radius 3 is 2.92 bits per heavy atom. The molecule has 2 heteroatoms. The predicted octanol–water partition coefficient (Wildman–Crippen LogP) is 3.48. The fourth-order valence-electron chi connectivity index (χ4n) is 1.31. The molecule has 0 aliphatic carbocycles. The van der Waals surface area contributed by atoms with Crippen molar-refractivity contribution in [2.45, 2.75) is 12.8 Å². The predicted molar refractivity (Wildman–Crippen MR) is 50.5 cm³/mol. The minimum atomic E-state index is 0.556. The SMILES string of the molecule is Cc1cc2cc(CCl)ccc2o1. The Bertz CT molecular complexity index is 403. The summed E-state index contributed by atoms with van der Waals surface area (Å²) in [4.78, 5) is 0. The molecule has 1 aromatic heterocycles. The molecule has 1 heterocycles. The van der Waals surface area contributed by atoms with Crippen molar-refractivity contribution >= 4 is 22.6 Å². The fourth-order valence-corrected chi connectivity index (χ4v) is 1.47. The summed E-state index contributed by atoms with van der Waals surface area (Å²) < 4.78 is 5.42. The van der Waals surface area contributed by atoms with E-state index in [-0.39, 0.29) is 0 Å². The molecule has 0 unspecified atom stereocenters. The van der Waals surface area contributed by atoms with Gasteiger partial charge < -0.3 is 4.42 Å². The standard InChI is InChI=1S/C10H9ClO/c1-7-4-9-5-8(6-11)2-3-10(9)12-7/h2-5H,6H2,1H3. The second-order valence-electron chi connectivity index (χ2n) is 2.86. The monoisotopic (exact) mass is 180 g/mol. The lowest BCUT2D eigenvalue weighted by Gasteiger charge is -1.92. The average Bonchev–Trinajstić information content (AvgIpc) is 2.43. The highest BCUT2D eigenvalue weighted by molar-refractivity contribution is 6.17. The Morgan fingerprint density at radius 1 is 1.33 bits per heavy atom. The quantitative estimate of drug-likeness (QED) is 0.613. The molecule has 2 rings (SSSR count). The number of halogens is 1. The summed E-state index contributed by atoms with van der Waals surface area (Å²) in [5.74, 6) is 1.50. The van der Waals surface area contributed by atoms with Crippen LogP contribution in [0.4, 0.5) is 0 Å². The van der Waals surface area contributed by atoms with E-state index >= 15 is 0 Å². The molecule has 0 atom stereocenters. The zero-order valence-electron chi connectivity index (χ0n) is 6.80. The maximum atomic E-state index is 5.70. The first-order chi connectivity index (χ1) is 5.79. The Hall–Kier alpha value is -0.950. The molecular formula is C10H9ClO. The third kappa shape index (κ3) is 1.21. The minimum absolute atomic E-state index is 0.556. The van der Waals surface area contributed by atoms with Gasteiger partial charge in [0.05, 0.1) is 0 Å². The van der Waals surface area contributed by atoms with E-state index in [1.807, 2.05) is 25.1 Å². The van der Waals surface area contributed by atoms with E-state index < -0.39 is 0 Å². The first-order valence-electron chi connectivity index (χ1n) is 3.84. The molecule has 0 amide bonds. The largest absolute Gasteiger partial charge is 0.461 e. The van der Waals surface area contributed by atoms with Crippen molar-refractivity contribution in [3.63, 3.8) is 0 Å². The number of fused-ring (bicyclic) bond motifs is 1. The molecule has 0 aliphatic rings. The van der Waals surface area contributed by atoms with Crippen LogP contribution in [0.2, 0.25) is 0 Å². The Balaban J connectivity index is 2.66. The van der Waals surface area contributed by atoms with Crippen LogP contribution in [0.15, 0.2) is 28.7 Å². The third-order valence-electron chi connectivity index (χ3n) is 1.86. The normalized spacial score (nSPS) is 10.8. The van der Waals surface area contributed by atoms with Gasteiger partial charge in [0.1, 0.15) is 11.3 Å². The molecule has 1 nitrogen and oxygen atoms in total. The lowest BCUT2D eigenvalue weighted by molar-refractivity contribution is 0.578. The van der Waals surface area contributed by atoms with Crippen molar-refractivity contribution < 1.29 is 4.42 Å². The van der Waals surface area contributed by atoms with E-state index in [4.69, 9.17) is 16.0 Å². The first-order valence-corrected chi connectivity index (χ1v) is 4.38. The van der Waals surface area contributed by atoms with E-state index in [1.165, 1.54) is 0 Å². The van der Waals surface area contributed by atoms with E-state index in [0.717, 1.165) is 22.3 Å². The number of aryl methyl sites for hydroxylation is 1. The van der Waals surface area contributed by atoms with Gasteiger partial charge in [-0.05, 0) is 30.7 Å². The number of alkyl halides is 1. The fraction of sp³-hybridized carbons (Fsp3) is 0.200. The van der Waals surface area contributed by atoms with Gasteiger partial charge in [0, 0.05) is 11.3 Å². The molecule has 2 aromatic rings. The summed E-state index contributed by atoms with van der Waals surface area (Å²) in [6.07, 6.45) is 0. The highest BCUT2D eigenvalue weighted by Gasteiger charge is 1.99. The molecule has 0 radical (unpaired) electrons. The van der Waals surface area contributed by atoms with Crippen LogP contribution in [0.1, 0.15) is 11.3 Å². The molecular weight excluding hydrogens is 172 g/mol. The van der Waals surface area contributed by atoms with Crippen molar-refractivity contribution in [2.75, 3.05) is 0 Å². The van der Waals surface area contributed by atoms with Crippen molar-refractivity contribution in [1.29, 1.82) is 0 Å². The molecule has 12 heavy (non-hydrogen) atoms. The molecule has 0 N–H and O–H groups in total. The van der Waals surface area contributed by atoms with Crippen LogP contribution in [0.25, 0.3) is 11.0 Å². The maximum absolute atomic E-state index is 5.70. The van der Waals surface area contributed by atoms with Crippen LogP contribution < -0.4 is 0 Å². The van der Waals surface area contributed by atoms with Crippen molar-refractivity contribution in [3.05, 3.63) is 35.6 Å². The molecule has 62 valence electrons. The smallest absolute Gasteiger partial charge is 0.134 e. The zero-order valence-corrected chi connectivity index (χ0v) is 7.56. The Kier molecular flexibility index (Phi) is 1.81. The maximum Gasteiger partial charge on any atom is 0.134 e. The molecule has 1 aromatic carbocycles. The van der Waals surface area contributed by atoms with E-state index in [2.05, 4.69) is 6.07 Å². The molecule has 0 bridgehead atoms. The molecule has 0 fully saturated rings. The van der Waals surface area contributed by atoms with Crippen LogP contribution in [0.3, 0.4) is 0 Å². The number of rotatable bonds is 1. The van der Waals surface area contributed by atoms with Crippen LogP contribution in [0.5, 0.6) is 0 Å². The average molecular weight is 181 g/mol. The van der Waals surface area contributed by atoms with Gasteiger partial charge in [-0.1, -0.05) is 6.07 Å². The van der Waals surface area contributed by atoms with Gasteiger partial charge in [-0.3, -0.25) is 0 Å². The highest BCUT2D eigenvalue weighted by Crippen LogP contribution is 2.20. The molecule has 0 spiro atoms.